The van der Waals surface area contributed by atoms with Crippen molar-refractivity contribution in [1.29, 1.82) is 5.41 Å². The van der Waals surface area contributed by atoms with Gasteiger partial charge >= 0.3 is 30.3 Å². The van der Waals surface area contributed by atoms with Crippen molar-refractivity contribution in [3.05, 3.63) is 95.6 Å². The van der Waals surface area contributed by atoms with Crippen molar-refractivity contribution >= 4 is 39.8 Å². The minimum atomic E-state index is -5.08. The zero-order chi connectivity index (χ0) is 42.8. The number of carbonyl (C=O) groups excluding carboxylic acids is 1. The third-order valence-corrected chi connectivity index (χ3v) is 8.82. The van der Waals surface area contributed by atoms with Gasteiger partial charge in [-0.1, -0.05) is 36.4 Å². The number of nitrogens with two attached hydrogens (primary N) is 1. The third-order valence-electron chi connectivity index (χ3n) is 7.29. The summed E-state index contributed by atoms with van der Waals surface area (Å²) < 4.78 is 110. The summed E-state index contributed by atoms with van der Waals surface area (Å²) >= 11 is 0. The average molecular weight is 835 g/mol. The van der Waals surface area contributed by atoms with E-state index in [1.54, 1.807) is 49.4 Å². The number of ether oxygens (including phenoxy) is 3. The Balaban J connectivity index is 0.000000682. The van der Waals surface area contributed by atoms with Crippen molar-refractivity contribution in [3.63, 3.8) is 0 Å². The molecule has 3 aromatic rings. The van der Waals surface area contributed by atoms with Gasteiger partial charge in [0.15, 0.2) is 0 Å². The van der Waals surface area contributed by atoms with Crippen molar-refractivity contribution in [1.82, 2.24) is 10.0 Å². The monoisotopic (exact) mass is 834 g/mol. The zero-order valence-electron chi connectivity index (χ0n) is 30.1. The van der Waals surface area contributed by atoms with Crippen LogP contribution in [0.25, 0.3) is 6.08 Å². The van der Waals surface area contributed by atoms with Gasteiger partial charge in [0.05, 0.1) is 17.5 Å². The highest BCUT2D eigenvalue weighted by atomic mass is 32.2. The highest BCUT2D eigenvalue weighted by Crippen LogP contribution is 2.21. The molecule has 1 fully saturated rings. The molecule has 312 valence electrons. The van der Waals surface area contributed by atoms with E-state index in [0.29, 0.717) is 23.3 Å². The number of nitrogen functional groups attached to an aromatic ring is 1. The van der Waals surface area contributed by atoms with Crippen LogP contribution >= 0.6 is 0 Å². The van der Waals surface area contributed by atoms with Gasteiger partial charge in [-0.3, -0.25) is 5.41 Å². The summed E-state index contributed by atoms with van der Waals surface area (Å²) in [6.07, 6.45) is -4.86. The van der Waals surface area contributed by atoms with E-state index < -0.39 is 46.3 Å². The molecule has 1 saturated heterocycles. The molecule has 0 bridgehead atoms. The number of sulfonamides is 1. The number of carbonyl (C=O) groups is 3. The van der Waals surface area contributed by atoms with Gasteiger partial charge in [0, 0.05) is 11.6 Å². The van der Waals surface area contributed by atoms with Gasteiger partial charge in [0.25, 0.3) is 0 Å². The van der Waals surface area contributed by atoms with E-state index in [1.807, 2.05) is 24.3 Å². The number of halogens is 6. The number of hydrogen-bond acceptors (Lipinski definition) is 10. The van der Waals surface area contributed by atoms with Crippen LogP contribution in [0.15, 0.2) is 83.8 Å². The Labute approximate surface area is 323 Å². The van der Waals surface area contributed by atoms with Gasteiger partial charge in [-0.25, -0.2) is 27.5 Å². The Morgan fingerprint density at radius 1 is 0.930 bits per heavy atom. The average Bonchev–Trinajstić information content (AvgIpc) is 3.14. The van der Waals surface area contributed by atoms with Gasteiger partial charge in [-0.05, 0) is 92.9 Å². The van der Waals surface area contributed by atoms with E-state index >= 15 is 0 Å². The molecule has 1 atom stereocenters. The summed E-state index contributed by atoms with van der Waals surface area (Å²) in [5.41, 5.74) is 7.69. The fourth-order valence-corrected chi connectivity index (χ4v) is 5.80. The maximum Gasteiger partial charge on any atom is 0.490 e. The molecular weight excluding hydrogens is 794 g/mol. The van der Waals surface area contributed by atoms with Gasteiger partial charge in [-0.15, -0.1) is 0 Å². The maximum atomic E-state index is 13.4. The molecule has 57 heavy (non-hydrogen) atoms. The number of rotatable bonds is 14. The quantitative estimate of drug-likeness (QED) is 0.0419. The van der Waals surface area contributed by atoms with Crippen molar-refractivity contribution in [2.45, 2.75) is 55.6 Å². The second-order valence-corrected chi connectivity index (χ2v) is 13.5. The van der Waals surface area contributed by atoms with Crippen molar-refractivity contribution < 1.29 is 73.6 Å². The van der Waals surface area contributed by atoms with E-state index in [0.717, 1.165) is 37.2 Å². The molecule has 1 heterocycles. The molecule has 0 aliphatic carbocycles. The SMILES string of the molecule is CCOC(=O)/C=C/c1ccc(S(=O)(=O)N[C@H](COc2cccc(C(=N)N)c2)Cc2ccc(OC3CCNCC3)cc2)cc1.O=C(O)C(F)(F)F.O=C(O)C(F)(F)F. The highest BCUT2D eigenvalue weighted by Gasteiger charge is 2.39. The number of carboxylic acids is 2. The molecule has 7 N–H and O–H groups in total. The van der Waals surface area contributed by atoms with Crippen LogP contribution in [0.1, 0.15) is 36.5 Å². The lowest BCUT2D eigenvalue weighted by molar-refractivity contribution is -0.193. The molecule has 1 aliphatic heterocycles. The van der Waals surface area contributed by atoms with Crippen molar-refractivity contribution in [3.8, 4) is 11.5 Å². The second-order valence-electron chi connectivity index (χ2n) is 11.7. The van der Waals surface area contributed by atoms with Crippen molar-refractivity contribution in [2.75, 3.05) is 26.3 Å². The summed E-state index contributed by atoms with van der Waals surface area (Å²) in [5.74, 6) is -4.82. The second kappa shape index (κ2) is 22.2. The summed E-state index contributed by atoms with van der Waals surface area (Å²) in [7, 11) is -3.92. The number of hydrogen-bond donors (Lipinski definition) is 6. The number of nitrogens with one attached hydrogen (secondary N) is 3. The Morgan fingerprint density at radius 2 is 1.49 bits per heavy atom. The first-order chi connectivity index (χ1) is 26.6. The van der Waals surface area contributed by atoms with Gasteiger partial charge in [0.1, 0.15) is 30.0 Å². The number of carboxylic acid groups (broad SMARTS) is 2. The standard InChI is InChI=1S/C32H38N4O6S.2C2HF3O2/c1-2-40-31(37)15-10-23-8-13-30(14-9-23)43(38,39)36-26(22-41-29-5-3-4-25(21-29)32(33)34)20-24-6-11-27(12-7-24)42-28-16-18-35-19-17-28;2*3-2(4,5)1(6)7/h3-15,21,26,28,35-36H,2,16-20,22H2,1H3,(H3,33,34);2*(H,6,7)/b15-10+;;/t26-;;/m0../s1. The first kappa shape index (κ1) is 47.5. The van der Waals surface area contributed by atoms with Crippen molar-refractivity contribution in [2.24, 2.45) is 5.73 Å². The van der Waals surface area contributed by atoms with E-state index in [-0.39, 0.29) is 30.0 Å². The van der Waals surface area contributed by atoms with Crippen LogP contribution in [0.4, 0.5) is 26.3 Å². The lowest BCUT2D eigenvalue weighted by Crippen LogP contribution is -2.40. The first-order valence-electron chi connectivity index (χ1n) is 16.7. The van der Waals surface area contributed by atoms with Gasteiger partial charge < -0.3 is 35.5 Å². The van der Waals surface area contributed by atoms with E-state index in [1.165, 1.54) is 18.2 Å². The number of alkyl halides is 6. The number of benzene rings is 3. The largest absolute Gasteiger partial charge is 0.492 e. The molecule has 0 amide bonds. The Morgan fingerprint density at radius 3 is 2.00 bits per heavy atom. The number of esters is 1. The molecule has 0 spiro atoms. The van der Waals surface area contributed by atoms with Crippen LogP contribution in [-0.2, 0) is 35.6 Å². The minimum Gasteiger partial charge on any atom is -0.492 e. The molecule has 14 nitrogen and oxygen atoms in total. The predicted molar refractivity (Wildman–Crippen MR) is 193 cm³/mol. The summed E-state index contributed by atoms with van der Waals surface area (Å²) in [6.45, 7) is 3.91. The van der Waals surface area contributed by atoms with Crippen LogP contribution in [0.2, 0.25) is 0 Å². The maximum absolute atomic E-state index is 13.4. The third kappa shape index (κ3) is 18.2. The number of amidine groups is 1. The molecular formula is C36H40F6N4O10S. The topological polar surface area (TPSA) is 227 Å². The molecule has 0 unspecified atom stereocenters. The van der Waals surface area contributed by atoms with Crippen LogP contribution in [-0.4, -0.2) is 93.2 Å². The zero-order valence-corrected chi connectivity index (χ0v) is 30.9. The van der Waals surface area contributed by atoms with Crippen LogP contribution in [0.3, 0.4) is 0 Å². The summed E-state index contributed by atoms with van der Waals surface area (Å²) in [6, 6.07) is 20.0. The molecule has 21 heteroatoms. The fourth-order valence-electron chi connectivity index (χ4n) is 4.58. The molecule has 1 aliphatic rings. The first-order valence-corrected chi connectivity index (χ1v) is 18.2. The lowest BCUT2D eigenvalue weighted by atomic mass is 10.1. The van der Waals surface area contributed by atoms with E-state index in [2.05, 4.69) is 10.0 Å². The summed E-state index contributed by atoms with van der Waals surface area (Å²) in [5, 5.41) is 25.3. The minimum absolute atomic E-state index is 0.0360. The van der Waals surface area contributed by atoms with E-state index in [4.69, 9.17) is 45.2 Å². The van der Waals surface area contributed by atoms with E-state index in [9.17, 15) is 39.6 Å². The smallest absolute Gasteiger partial charge is 0.490 e. The molecule has 0 aromatic heterocycles. The Hall–Kier alpha value is -5.67. The highest BCUT2D eigenvalue weighted by molar-refractivity contribution is 7.89. The molecule has 0 radical (unpaired) electrons. The van der Waals surface area contributed by atoms with Gasteiger partial charge in [-0.2, -0.15) is 26.3 Å². The van der Waals surface area contributed by atoms with Crippen LogP contribution in [0, 0.1) is 5.41 Å². The molecule has 4 rings (SSSR count). The summed E-state index contributed by atoms with van der Waals surface area (Å²) in [4.78, 5) is 29.5. The Kier molecular flexibility index (Phi) is 18.5. The number of piperidine rings is 1. The lowest BCUT2D eigenvalue weighted by Gasteiger charge is -2.24. The fraction of sp³-hybridized carbons (Fsp3) is 0.333. The molecule has 3 aromatic carbocycles. The Bertz CT molecular complexity index is 1900. The number of aliphatic carboxylic acids is 2. The van der Waals surface area contributed by atoms with Crippen LogP contribution in [0.5, 0.6) is 11.5 Å². The van der Waals surface area contributed by atoms with Gasteiger partial charge in [0.2, 0.25) is 10.0 Å². The normalized spacial score (nSPS) is 13.9. The van der Waals surface area contributed by atoms with Crippen LogP contribution < -0.4 is 25.2 Å². The predicted octanol–water partition coefficient (Wildman–Crippen LogP) is 4.91. The molecule has 0 saturated carbocycles.